The Morgan fingerprint density at radius 1 is 1.30 bits per heavy atom. The summed E-state index contributed by atoms with van der Waals surface area (Å²) in [6.07, 6.45) is 0.113. The van der Waals surface area contributed by atoms with Gasteiger partial charge in [-0.2, -0.15) is 0 Å². The summed E-state index contributed by atoms with van der Waals surface area (Å²) in [5, 5.41) is 2.21. The Kier molecular flexibility index (Phi) is 2.05. The van der Waals surface area contributed by atoms with Gasteiger partial charge in [0.25, 0.3) is 0 Å². The normalized spacial score (nSPS) is 25.8. The number of carbonyl (C=O) groups is 1. The van der Waals surface area contributed by atoms with Gasteiger partial charge in [-0.1, -0.05) is 0 Å². The minimum absolute atomic E-state index is 0.0498. The maximum absolute atomic E-state index is 10.8. The molecule has 58 valence electrons. The lowest BCUT2D eigenvalue weighted by Crippen LogP contribution is -2.19. The van der Waals surface area contributed by atoms with E-state index in [1.807, 2.05) is 0 Å². The third-order valence-corrected chi connectivity index (χ3v) is 3.04. The first-order valence-electron chi connectivity index (χ1n) is 3.09. The lowest BCUT2D eigenvalue weighted by molar-refractivity contribution is -0.111. The Morgan fingerprint density at radius 2 is 2.00 bits per heavy atom. The van der Waals surface area contributed by atoms with Gasteiger partial charge < -0.3 is 5.32 Å². The van der Waals surface area contributed by atoms with E-state index in [0.717, 1.165) is 0 Å². The summed E-state index contributed by atoms with van der Waals surface area (Å²) in [5.74, 6) is -0.0498. The SMILES string of the molecule is O=C1CCNCCS1(=O)=O. The predicted molar refractivity (Wildman–Crippen MR) is 36.3 cm³/mol. The van der Waals surface area contributed by atoms with E-state index >= 15 is 0 Å². The lowest BCUT2D eigenvalue weighted by atomic mass is 10.5. The average Bonchev–Trinajstić information content (AvgIpc) is 1.96. The molecule has 1 fully saturated rings. The van der Waals surface area contributed by atoms with Gasteiger partial charge in [0.05, 0.1) is 5.75 Å². The second-order valence-electron chi connectivity index (χ2n) is 2.19. The van der Waals surface area contributed by atoms with E-state index in [-0.39, 0.29) is 12.2 Å². The van der Waals surface area contributed by atoms with Crippen LogP contribution in [0.1, 0.15) is 6.42 Å². The molecule has 0 saturated carbocycles. The fourth-order valence-corrected chi connectivity index (χ4v) is 1.85. The van der Waals surface area contributed by atoms with Crippen LogP contribution in [0.3, 0.4) is 0 Å². The van der Waals surface area contributed by atoms with Gasteiger partial charge in [0, 0.05) is 19.5 Å². The van der Waals surface area contributed by atoms with E-state index in [9.17, 15) is 13.2 Å². The Bertz CT molecular complexity index is 231. The van der Waals surface area contributed by atoms with E-state index in [2.05, 4.69) is 5.32 Å². The van der Waals surface area contributed by atoms with Crippen LogP contribution in [-0.4, -0.2) is 32.4 Å². The minimum Gasteiger partial charge on any atom is -0.315 e. The second kappa shape index (κ2) is 2.67. The lowest BCUT2D eigenvalue weighted by Gasteiger charge is -1.92. The smallest absolute Gasteiger partial charge is 0.247 e. The molecule has 1 heterocycles. The number of rotatable bonds is 0. The van der Waals surface area contributed by atoms with Gasteiger partial charge in [0.1, 0.15) is 0 Å². The zero-order chi connectivity index (χ0) is 7.61. The van der Waals surface area contributed by atoms with Gasteiger partial charge in [-0.25, -0.2) is 8.42 Å². The molecule has 0 aromatic carbocycles. The highest BCUT2D eigenvalue weighted by Crippen LogP contribution is 1.98. The van der Waals surface area contributed by atoms with Crippen molar-refractivity contribution in [3.63, 3.8) is 0 Å². The summed E-state index contributed by atoms with van der Waals surface area (Å²) in [4.78, 5) is 10.7. The van der Waals surface area contributed by atoms with Crippen LogP contribution < -0.4 is 5.32 Å². The summed E-state index contributed by atoms with van der Waals surface area (Å²) in [6.45, 7) is 0.881. The second-order valence-corrected chi connectivity index (χ2v) is 4.28. The molecule has 0 radical (unpaired) electrons. The quantitative estimate of drug-likeness (QED) is 0.493. The van der Waals surface area contributed by atoms with Crippen molar-refractivity contribution in [2.75, 3.05) is 18.8 Å². The molecule has 4 nitrogen and oxygen atoms in total. The van der Waals surface area contributed by atoms with Crippen LogP contribution in [0.5, 0.6) is 0 Å². The number of carbonyl (C=O) groups excluding carboxylic acids is 1. The summed E-state index contributed by atoms with van der Waals surface area (Å²) in [7, 11) is -3.40. The van der Waals surface area contributed by atoms with Gasteiger partial charge in [-0.05, 0) is 0 Å². The molecular weight excluding hydrogens is 154 g/mol. The maximum Gasteiger partial charge on any atom is 0.247 e. The molecule has 0 spiro atoms. The van der Waals surface area contributed by atoms with Gasteiger partial charge in [0.15, 0.2) is 0 Å². The molecule has 1 N–H and O–H groups in total. The zero-order valence-electron chi connectivity index (χ0n) is 5.46. The third-order valence-electron chi connectivity index (χ3n) is 1.40. The van der Waals surface area contributed by atoms with Crippen LogP contribution in [0.25, 0.3) is 0 Å². The largest absolute Gasteiger partial charge is 0.315 e. The van der Waals surface area contributed by atoms with Crippen molar-refractivity contribution in [1.29, 1.82) is 0 Å². The molecule has 0 bridgehead atoms. The first-order chi connectivity index (χ1) is 4.63. The monoisotopic (exact) mass is 163 g/mol. The van der Waals surface area contributed by atoms with E-state index in [4.69, 9.17) is 0 Å². The standard InChI is InChI=1S/C5H9NO3S/c7-5-1-2-6-3-4-10(5,8)9/h6H,1-4H2. The van der Waals surface area contributed by atoms with E-state index in [0.29, 0.717) is 13.1 Å². The highest BCUT2D eigenvalue weighted by Gasteiger charge is 2.23. The van der Waals surface area contributed by atoms with Crippen molar-refractivity contribution in [3.05, 3.63) is 0 Å². The Hall–Kier alpha value is -0.420. The zero-order valence-corrected chi connectivity index (χ0v) is 6.28. The number of sulfone groups is 1. The average molecular weight is 163 g/mol. The molecule has 0 atom stereocenters. The molecule has 1 aliphatic rings. The van der Waals surface area contributed by atoms with Crippen LogP contribution in [0.15, 0.2) is 0 Å². The van der Waals surface area contributed by atoms with E-state index < -0.39 is 15.0 Å². The number of hydrogen-bond acceptors (Lipinski definition) is 4. The predicted octanol–water partition coefficient (Wildman–Crippen LogP) is -1.08. The van der Waals surface area contributed by atoms with Crippen LogP contribution in [0, 0.1) is 0 Å². The summed E-state index contributed by atoms with van der Waals surface area (Å²) in [5.41, 5.74) is 0. The Labute approximate surface area is 59.5 Å². The Balaban J connectivity index is 2.82. The molecule has 0 amide bonds. The minimum atomic E-state index is -3.40. The highest BCUT2D eigenvalue weighted by molar-refractivity contribution is 8.06. The molecule has 0 aromatic heterocycles. The third kappa shape index (κ3) is 1.54. The topological polar surface area (TPSA) is 63.2 Å². The molecule has 0 aliphatic carbocycles. The molecule has 1 rings (SSSR count). The molecule has 10 heavy (non-hydrogen) atoms. The van der Waals surface area contributed by atoms with Crippen molar-refractivity contribution < 1.29 is 13.2 Å². The molecule has 1 aliphatic heterocycles. The van der Waals surface area contributed by atoms with E-state index in [1.165, 1.54) is 0 Å². The first kappa shape index (κ1) is 7.68. The molecule has 1 saturated heterocycles. The maximum atomic E-state index is 10.8. The van der Waals surface area contributed by atoms with Crippen molar-refractivity contribution in [1.82, 2.24) is 5.32 Å². The fraction of sp³-hybridized carbons (Fsp3) is 0.800. The molecule has 0 unspecified atom stereocenters. The highest BCUT2D eigenvalue weighted by atomic mass is 32.2. The van der Waals surface area contributed by atoms with Gasteiger partial charge >= 0.3 is 0 Å². The van der Waals surface area contributed by atoms with Crippen molar-refractivity contribution in [3.8, 4) is 0 Å². The van der Waals surface area contributed by atoms with Gasteiger partial charge in [-0.15, -0.1) is 0 Å². The van der Waals surface area contributed by atoms with Crippen LogP contribution in [0.4, 0.5) is 0 Å². The summed E-state index contributed by atoms with van der Waals surface area (Å²) >= 11 is 0. The molecular formula is C5H9NO3S. The molecule has 0 aromatic rings. The molecule has 5 heteroatoms. The van der Waals surface area contributed by atoms with Crippen molar-refractivity contribution in [2.24, 2.45) is 0 Å². The summed E-state index contributed by atoms with van der Waals surface area (Å²) in [6, 6.07) is 0. The van der Waals surface area contributed by atoms with Gasteiger partial charge in [-0.3, -0.25) is 4.79 Å². The first-order valence-corrected chi connectivity index (χ1v) is 4.74. The van der Waals surface area contributed by atoms with Gasteiger partial charge in [0.2, 0.25) is 15.0 Å². The van der Waals surface area contributed by atoms with Crippen molar-refractivity contribution >= 4 is 15.0 Å². The van der Waals surface area contributed by atoms with Crippen LogP contribution in [0.2, 0.25) is 0 Å². The van der Waals surface area contributed by atoms with Crippen LogP contribution >= 0.6 is 0 Å². The van der Waals surface area contributed by atoms with E-state index in [1.54, 1.807) is 0 Å². The number of hydrogen-bond donors (Lipinski definition) is 1. The van der Waals surface area contributed by atoms with Crippen molar-refractivity contribution in [2.45, 2.75) is 6.42 Å². The fourth-order valence-electron chi connectivity index (χ4n) is 0.791. The van der Waals surface area contributed by atoms with Crippen LogP contribution in [-0.2, 0) is 14.6 Å². The summed E-state index contributed by atoms with van der Waals surface area (Å²) < 4.78 is 21.6. The Morgan fingerprint density at radius 3 is 2.70 bits per heavy atom. The number of nitrogens with one attached hydrogen (secondary N) is 1.